The second-order valence-corrected chi connectivity index (χ2v) is 9.51. The van der Waals surface area contributed by atoms with Crippen LogP contribution >= 0.6 is 11.8 Å². The number of Topliss-reactive ketones (excluding diaryl/α,β-unsaturated/α-hetero) is 1. The molecule has 2 saturated heterocycles. The van der Waals surface area contributed by atoms with E-state index in [1.807, 2.05) is 11.8 Å². The van der Waals surface area contributed by atoms with Gasteiger partial charge in [0.15, 0.2) is 5.78 Å². The maximum absolute atomic E-state index is 11.9. The lowest BCUT2D eigenvalue weighted by Gasteiger charge is -2.16. The lowest BCUT2D eigenvalue weighted by molar-refractivity contribution is -0.138. The highest BCUT2D eigenvalue weighted by Gasteiger charge is 2.42. The summed E-state index contributed by atoms with van der Waals surface area (Å²) < 4.78 is 0. The molecule has 2 fully saturated rings. The molecule has 11 heteroatoms. The number of hydrogen-bond donors (Lipinski definition) is 5. The molecule has 0 aromatic carbocycles. The largest absolute Gasteiger partial charge is 0.481 e. The van der Waals surface area contributed by atoms with E-state index < -0.39 is 5.97 Å². The third-order valence-electron chi connectivity index (χ3n) is 5.58. The molecule has 0 aliphatic carbocycles. The summed E-state index contributed by atoms with van der Waals surface area (Å²) in [7, 11) is 0. The van der Waals surface area contributed by atoms with Crippen molar-refractivity contribution in [3.05, 3.63) is 0 Å². The van der Waals surface area contributed by atoms with Gasteiger partial charge in [0.1, 0.15) is 0 Å². The smallest absolute Gasteiger partial charge is 0.315 e. The first kappa shape index (κ1) is 26.0. The molecule has 4 amide bonds. The maximum atomic E-state index is 11.9. The molecule has 0 bridgehead atoms. The number of rotatable bonds is 16. The zero-order valence-corrected chi connectivity index (χ0v) is 19.1. The summed E-state index contributed by atoms with van der Waals surface area (Å²) in [5.74, 6) is -0.568. The fourth-order valence-corrected chi connectivity index (χ4v) is 5.34. The summed E-state index contributed by atoms with van der Waals surface area (Å²) in [6, 6.07) is 0.368. The maximum Gasteiger partial charge on any atom is 0.315 e. The molecule has 10 nitrogen and oxygen atoms in total. The Kier molecular flexibility index (Phi) is 11.3. The molecule has 0 spiro atoms. The Labute approximate surface area is 192 Å². The summed E-state index contributed by atoms with van der Waals surface area (Å²) in [6.07, 6.45) is 5.51. The van der Waals surface area contributed by atoms with E-state index in [-0.39, 0.29) is 55.1 Å². The van der Waals surface area contributed by atoms with E-state index in [1.54, 1.807) is 0 Å². The van der Waals surface area contributed by atoms with Crippen LogP contribution in [0.4, 0.5) is 4.79 Å². The summed E-state index contributed by atoms with van der Waals surface area (Å²) in [5.41, 5.74) is 0. The zero-order valence-electron chi connectivity index (χ0n) is 18.3. The fourth-order valence-electron chi connectivity index (χ4n) is 3.80. The van der Waals surface area contributed by atoms with Gasteiger partial charge in [-0.25, -0.2) is 4.79 Å². The zero-order chi connectivity index (χ0) is 23.3. The molecule has 180 valence electrons. The number of unbranched alkanes of at least 4 members (excludes halogenated alkanes) is 3. The number of thioether (sulfide) groups is 1. The van der Waals surface area contributed by atoms with Gasteiger partial charge in [-0.1, -0.05) is 12.8 Å². The highest BCUT2D eigenvalue weighted by Crippen LogP contribution is 2.33. The van der Waals surface area contributed by atoms with Gasteiger partial charge >= 0.3 is 12.0 Å². The number of amides is 4. The van der Waals surface area contributed by atoms with Gasteiger partial charge in [0.25, 0.3) is 0 Å². The van der Waals surface area contributed by atoms with Crippen LogP contribution in [-0.4, -0.2) is 70.9 Å². The Hall–Kier alpha value is -2.30. The lowest BCUT2D eigenvalue weighted by atomic mass is 10.0. The van der Waals surface area contributed by atoms with Gasteiger partial charge in [-0.2, -0.15) is 11.8 Å². The molecular weight excluding hydrogens is 436 g/mol. The number of carbonyl (C=O) groups excluding carboxylic acids is 4. The van der Waals surface area contributed by atoms with Crippen molar-refractivity contribution in [2.45, 2.75) is 81.5 Å². The Morgan fingerprint density at radius 1 is 0.906 bits per heavy atom. The Bertz CT molecular complexity index is 689. The molecule has 2 aliphatic heterocycles. The molecule has 0 unspecified atom stereocenters. The van der Waals surface area contributed by atoms with Gasteiger partial charge in [0.05, 0.1) is 25.0 Å². The van der Waals surface area contributed by atoms with E-state index in [9.17, 15) is 24.0 Å². The highest BCUT2D eigenvalue weighted by molar-refractivity contribution is 8.00. The van der Waals surface area contributed by atoms with Crippen LogP contribution in [0, 0.1) is 0 Å². The van der Waals surface area contributed by atoms with Crippen LogP contribution < -0.4 is 21.3 Å². The van der Waals surface area contributed by atoms with E-state index in [4.69, 9.17) is 5.11 Å². The molecule has 5 N–H and O–H groups in total. The van der Waals surface area contributed by atoms with Crippen molar-refractivity contribution in [1.82, 2.24) is 21.3 Å². The number of carbonyl (C=O) groups is 5. The first-order valence-corrected chi connectivity index (χ1v) is 12.4. The van der Waals surface area contributed by atoms with Crippen molar-refractivity contribution in [1.29, 1.82) is 0 Å². The topological polar surface area (TPSA) is 154 Å². The van der Waals surface area contributed by atoms with Crippen molar-refractivity contribution < 1.29 is 29.1 Å². The minimum atomic E-state index is -1.03. The molecular formula is C21H34N4O6S. The van der Waals surface area contributed by atoms with Gasteiger partial charge < -0.3 is 26.4 Å². The van der Waals surface area contributed by atoms with Crippen LogP contribution in [0.15, 0.2) is 0 Å². The van der Waals surface area contributed by atoms with E-state index in [2.05, 4.69) is 21.3 Å². The average molecular weight is 471 g/mol. The van der Waals surface area contributed by atoms with Crippen molar-refractivity contribution in [2.75, 3.05) is 18.8 Å². The third-order valence-corrected chi connectivity index (χ3v) is 7.09. The molecule has 2 heterocycles. The molecule has 32 heavy (non-hydrogen) atoms. The van der Waals surface area contributed by atoms with Gasteiger partial charge in [-0.05, 0) is 25.7 Å². The number of nitrogens with one attached hydrogen (secondary N) is 4. The van der Waals surface area contributed by atoms with Crippen LogP contribution in [0.3, 0.4) is 0 Å². The second kappa shape index (κ2) is 14.0. The molecule has 2 rings (SSSR count). The predicted molar refractivity (Wildman–Crippen MR) is 120 cm³/mol. The van der Waals surface area contributed by atoms with Gasteiger partial charge in [0, 0.05) is 36.8 Å². The molecule has 0 aromatic rings. The summed E-state index contributed by atoms with van der Waals surface area (Å²) in [4.78, 5) is 56.8. The number of aliphatic carboxylic acids is 1. The van der Waals surface area contributed by atoms with Crippen LogP contribution in [0.25, 0.3) is 0 Å². The Balaban J connectivity index is 1.39. The van der Waals surface area contributed by atoms with Crippen molar-refractivity contribution in [2.24, 2.45) is 0 Å². The van der Waals surface area contributed by atoms with Crippen molar-refractivity contribution in [3.8, 4) is 0 Å². The minimum Gasteiger partial charge on any atom is -0.481 e. The number of ketones is 1. The third kappa shape index (κ3) is 9.88. The first-order valence-electron chi connectivity index (χ1n) is 11.3. The number of carboxylic acids is 1. The highest BCUT2D eigenvalue weighted by atomic mass is 32.2. The molecule has 0 radical (unpaired) electrons. The average Bonchev–Trinajstić information content (AvgIpc) is 3.29. The molecule has 0 aromatic heterocycles. The normalized spacial score (nSPS) is 21.4. The SMILES string of the molecule is O=C(O)CCC(=O)CNC(=O)CCCCCNC(=O)CCCC[C@@H]1SC[C@@H]2NC(=O)N[C@@H]21. The summed E-state index contributed by atoms with van der Waals surface area (Å²) in [5, 5.41) is 20.2. The van der Waals surface area contributed by atoms with Gasteiger partial charge in [-0.15, -0.1) is 0 Å². The quantitative estimate of drug-likeness (QED) is 0.166. The second-order valence-electron chi connectivity index (χ2n) is 8.24. The number of fused-ring (bicyclic) bond motifs is 1. The predicted octanol–water partition coefficient (Wildman–Crippen LogP) is 0.939. The van der Waals surface area contributed by atoms with Gasteiger partial charge in [-0.3, -0.25) is 19.2 Å². The van der Waals surface area contributed by atoms with E-state index in [0.717, 1.165) is 37.9 Å². The first-order chi connectivity index (χ1) is 15.3. The fraction of sp³-hybridized carbons (Fsp3) is 0.762. The summed E-state index contributed by atoms with van der Waals surface area (Å²) in [6.45, 7) is 0.447. The van der Waals surface area contributed by atoms with Crippen LogP contribution in [0.1, 0.15) is 64.2 Å². The molecule has 3 atom stereocenters. The number of carboxylic acid groups (broad SMARTS) is 1. The lowest BCUT2D eigenvalue weighted by Crippen LogP contribution is -2.36. The van der Waals surface area contributed by atoms with E-state index in [0.29, 0.717) is 31.1 Å². The van der Waals surface area contributed by atoms with Crippen LogP contribution in [-0.2, 0) is 19.2 Å². The van der Waals surface area contributed by atoms with Gasteiger partial charge in [0.2, 0.25) is 11.8 Å². The monoisotopic (exact) mass is 470 g/mol. The van der Waals surface area contributed by atoms with Crippen LogP contribution in [0.2, 0.25) is 0 Å². The number of hydrogen-bond acceptors (Lipinski definition) is 6. The number of urea groups is 1. The van der Waals surface area contributed by atoms with Crippen LogP contribution in [0.5, 0.6) is 0 Å². The summed E-state index contributed by atoms with van der Waals surface area (Å²) >= 11 is 1.88. The van der Waals surface area contributed by atoms with Crippen molar-refractivity contribution in [3.63, 3.8) is 0 Å². The Morgan fingerprint density at radius 3 is 2.38 bits per heavy atom. The van der Waals surface area contributed by atoms with E-state index >= 15 is 0 Å². The minimum absolute atomic E-state index is 0.0374. The Morgan fingerprint density at radius 2 is 1.62 bits per heavy atom. The standard InChI is InChI=1S/C21H34N4O6S/c26-14(9-10-19(29)30)12-23-18(28)7-2-1-5-11-22-17(27)8-4-3-6-16-20-15(13-32-16)24-21(31)25-20/h15-16,20H,1-13H2,(H,22,27)(H,23,28)(H,29,30)(H2,24,25,31)/t15-,16-,20-/m0/s1. The molecule has 2 aliphatic rings. The van der Waals surface area contributed by atoms with Crippen molar-refractivity contribution >= 4 is 41.4 Å². The van der Waals surface area contributed by atoms with E-state index in [1.165, 1.54) is 0 Å². The molecule has 0 saturated carbocycles.